The second-order valence-electron chi connectivity index (χ2n) is 5.80. The van der Waals surface area contributed by atoms with E-state index in [2.05, 4.69) is 17.1 Å². The van der Waals surface area contributed by atoms with E-state index in [1.54, 1.807) is 0 Å². The summed E-state index contributed by atoms with van der Waals surface area (Å²) >= 11 is 0. The Kier molecular flexibility index (Phi) is 5.89. The van der Waals surface area contributed by atoms with Gasteiger partial charge in [-0.05, 0) is 44.7 Å². The highest BCUT2D eigenvalue weighted by molar-refractivity contribution is 4.84. The lowest BCUT2D eigenvalue weighted by Crippen LogP contribution is -2.50. The van der Waals surface area contributed by atoms with Crippen LogP contribution in [0.5, 0.6) is 0 Å². The van der Waals surface area contributed by atoms with E-state index >= 15 is 0 Å². The van der Waals surface area contributed by atoms with Crippen molar-refractivity contribution < 1.29 is 9.84 Å². The summed E-state index contributed by atoms with van der Waals surface area (Å²) in [5.74, 6) is 0.693. The van der Waals surface area contributed by atoms with Crippen molar-refractivity contribution in [3.63, 3.8) is 0 Å². The Morgan fingerprint density at radius 2 is 2.28 bits per heavy atom. The second kappa shape index (κ2) is 7.43. The smallest absolute Gasteiger partial charge is 0.0702 e. The van der Waals surface area contributed by atoms with Crippen molar-refractivity contribution >= 4 is 0 Å². The number of nitrogens with one attached hydrogen (secondary N) is 1. The molecule has 4 heteroatoms. The largest absolute Gasteiger partial charge is 0.396 e. The second-order valence-corrected chi connectivity index (χ2v) is 5.80. The molecule has 2 heterocycles. The van der Waals surface area contributed by atoms with Crippen molar-refractivity contribution in [1.29, 1.82) is 0 Å². The Morgan fingerprint density at radius 1 is 1.39 bits per heavy atom. The average Bonchev–Trinajstić information content (AvgIpc) is 2.85. The summed E-state index contributed by atoms with van der Waals surface area (Å²) in [6.45, 7) is 8.00. The van der Waals surface area contributed by atoms with Gasteiger partial charge in [-0.1, -0.05) is 6.92 Å². The fourth-order valence-electron chi connectivity index (χ4n) is 3.14. The highest BCUT2D eigenvalue weighted by atomic mass is 16.5. The molecule has 2 aliphatic heterocycles. The van der Waals surface area contributed by atoms with Crippen LogP contribution >= 0.6 is 0 Å². The highest BCUT2D eigenvalue weighted by Crippen LogP contribution is 2.20. The topological polar surface area (TPSA) is 44.7 Å². The lowest BCUT2D eigenvalue weighted by atomic mass is 9.93. The SMILES string of the molecule is CC1CN(CC2CCCO2)CCC1NCCCO. The van der Waals surface area contributed by atoms with Gasteiger partial charge in [-0.25, -0.2) is 0 Å². The molecule has 0 amide bonds. The van der Waals surface area contributed by atoms with Crippen LogP contribution in [0, 0.1) is 5.92 Å². The van der Waals surface area contributed by atoms with Crippen LogP contribution in [0.3, 0.4) is 0 Å². The van der Waals surface area contributed by atoms with Crippen LogP contribution in [0.4, 0.5) is 0 Å². The molecule has 2 saturated heterocycles. The molecular weight excluding hydrogens is 228 g/mol. The van der Waals surface area contributed by atoms with Gasteiger partial charge in [0.15, 0.2) is 0 Å². The molecule has 0 aromatic heterocycles. The Morgan fingerprint density at radius 3 is 2.94 bits per heavy atom. The first-order valence-corrected chi connectivity index (χ1v) is 7.48. The number of hydrogen-bond donors (Lipinski definition) is 2. The van der Waals surface area contributed by atoms with Gasteiger partial charge >= 0.3 is 0 Å². The Balaban J connectivity index is 1.66. The van der Waals surface area contributed by atoms with Gasteiger partial charge in [-0.3, -0.25) is 0 Å². The van der Waals surface area contributed by atoms with Crippen molar-refractivity contribution in [2.75, 3.05) is 39.4 Å². The van der Waals surface area contributed by atoms with Crippen molar-refractivity contribution in [2.24, 2.45) is 5.92 Å². The Labute approximate surface area is 111 Å². The number of likely N-dealkylation sites (tertiary alicyclic amines) is 1. The fraction of sp³-hybridized carbons (Fsp3) is 1.00. The van der Waals surface area contributed by atoms with Crippen molar-refractivity contribution in [3.8, 4) is 0 Å². The quantitative estimate of drug-likeness (QED) is 0.692. The minimum Gasteiger partial charge on any atom is -0.396 e. The Hall–Kier alpha value is -0.160. The van der Waals surface area contributed by atoms with Gasteiger partial charge in [-0.2, -0.15) is 0 Å². The molecule has 3 atom stereocenters. The van der Waals surface area contributed by atoms with E-state index in [1.807, 2.05) is 0 Å². The molecule has 0 bridgehead atoms. The van der Waals surface area contributed by atoms with Crippen molar-refractivity contribution in [2.45, 2.75) is 44.8 Å². The molecule has 0 saturated carbocycles. The van der Waals surface area contributed by atoms with Gasteiger partial charge < -0.3 is 20.1 Å². The third-order valence-electron chi connectivity index (χ3n) is 4.22. The minimum atomic E-state index is 0.291. The zero-order valence-corrected chi connectivity index (χ0v) is 11.6. The molecule has 3 unspecified atom stereocenters. The number of nitrogens with zero attached hydrogens (tertiary/aromatic N) is 1. The molecule has 0 radical (unpaired) electrons. The average molecular weight is 256 g/mol. The standard InChI is InChI=1S/C14H28N2O2/c1-12-10-16(11-13-4-2-9-18-13)7-5-14(12)15-6-3-8-17/h12-15,17H,2-11H2,1H3. The van der Waals surface area contributed by atoms with E-state index in [1.165, 1.54) is 32.4 Å². The molecule has 0 spiro atoms. The first kappa shape index (κ1) is 14.3. The Bertz CT molecular complexity index is 232. The molecule has 4 nitrogen and oxygen atoms in total. The van der Waals surface area contributed by atoms with Gasteiger partial charge in [-0.15, -0.1) is 0 Å². The summed E-state index contributed by atoms with van der Waals surface area (Å²) in [6.07, 6.45) is 5.04. The summed E-state index contributed by atoms with van der Waals surface area (Å²) in [7, 11) is 0. The van der Waals surface area contributed by atoms with E-state index in [0.29, 0.717) is 24.7 Å². The van der Waals surface area contributed by atoms with Crippen molar-refractivity contribution in [3.05, 3.63) is 0 Å². The van der Waals surface area contributed by atoms with Crippen LogP contribution in [0.2, 0.25) is 0 Å². The highest BCUT2D eigenvalue weighted by Gasteiger charge is 2.27. The molecular formula is C14H28N2O2. The summed E-state index contributed by atoms with van der Waals surface area (Å²) in [5.41, 5.74) is 0. The maximum atomic E-state index is 8.80. The zero-order valence-electron chi connectivity index (χ0n) is 11.6. The van der Waals surface area contributed by atoms with E-state index < -0.39 is 0 Å². The van der Waals surface area contributed by atoms with Crippen LogP contribution in [0.1, 0.15) is 32.6 Å². The van der Waals surface area contributed by atoms with E-state index in [0.717, 1.165) is 26.1 Å². The molecule has 2 N–H and O–H groups in total. The van der Waals surface area contributed by atoms with Crippen LogP contribution in [0.15, 0.2) is 0 Å². The van der Waals surface area contributed by atoms with Gasteiger partial charge in [0.25, 0.3) is 0 Å². The first-order valence-electron chi connectivity index (χ1n) is 7.48. The lowest BCUT2D eigenvalue weighted by molar-refractivity contribution is 0.0512. The first-order chi connectivity index (χ1) is 8.79. The normalized spacial score (nSPS) is 34.0. The number of hydrogen-bond acceptors (Lipinski definition) is 4. The summed E-state index contributed by atoms with van der Waals surface area (Å²) in [4.78, 5) is 2.56. The summed E-state index contributed by atoms with van der Waals surface area (Å²) in [6, 6.07) is 0.622. The molecule has 106 valence electrons. The molecule has 18 heavy (non-hydrogen) atoms. The molecule has 0 aliphatic carbocycles. The zero-order chi connectivity index (χ0) is 12.8. The third kappa shape index (κ3) is 4.19. The predicted molar refractivity (Wildman–Crippen MR) is 72.7 cm³/mol. The van der Waals surface area contributed by atoms with E-state index in [-0.39, 0.29) is 0 Å². The number of aliphatic hydroxyl groups is 1. The van der Waals surface area contributed by atoms with Gasteiger partial charge in [0.05, 0.1) is 6.10 Å². The summed E-state index contributed by atoms with van der Waals surface area (Å²) in [5, 5.41) is 12.4. The van der Waals surface area contributed by atoms with Crippen LogP contribution < -0.4 is 5.32 Å². The number of piperidine rings is 1. The van der Waals surface area contributed by atoms with Crippen LogP contribution in [-0.4, -0.2) is 61.5 Å². The number of ether oxygens (including phenoxy) is 1. The molecule has 2 aliphatic rings. The fourth-order valence-corrected chi connectivity index (χ4v) is 3.14. The van der Waals surface area contributed by atoms with Crippen molar-refractivity contribution in [1.82, 2.24) is 10.2 Å². The maximum Gasteiger partial charge on any atom is 0.0702 e. The van der Waals surface area contributed by atoms with Crippen LogP contribution in [-0.2, 0) is 4.74 Å². The third-order valence-corrected chi connectivity index (χ3v) is 4.22. The van der Waals surface area contributed by atoms with E-state index in [4.69, 9.17) is 9.84 Å². The molecule has 2 rings (SSSR count). The van der Waals surface area contributed by atoms with Gasteiger partial charge in [0.2, 0.25) is 0 Å². The predicted octanol–water partition coefficient (Wildman–Crippen LogP) is 0.848. The summed E-state index contributed by atoms with van der Waals surface area (Å²) < 4.78 is 5.71. The monoisotopic (exact) mass is 256 g/mol. The molecule has 0 aromatic carbocycles. The lowest BCUT2D eigenvalue weighted by Gasteiger charge is -2.38. The number of aliphatic hydroxyl groups excluding tert-OH is 1. The van der Waals surface area contributed by atoms with E-state index in [9.17, 15) is 0 Å². The molecule has 0 aromatic rings. The van der Waals surface area contributed by atoms with Gasteiger partial charge in [0, 0.05) is 32.3 Å². The molecule has 2 fully saturated rings. The minimum absolute atomic E-state index is 0.291. The van der Waals surface area contributed by atoms with Gasteiger partial charge in [0.1, 0.15) is 0 Å². The number of rotatable bonds is 6. The maximum absolute atomic E-state index is 8.80. The van der Waals surface area contributed by atoms with Crippen LogP contribution in [0.25, 0.3) is 0 Å².